The van der Waals surface area contributed by atoms with Gasteiger partial charge in [-0.2, -0.15) is 0 Å². The van der Waals surface area contributed by atoms with Crippen LogP contribution in [0.5, 0.6) is 0 Å². The number of halogens is 1. The zero-order valence-electron chi connectivity index (χ0n) is 11.0. The molecule has 1 heterocycles. The minimum absolute atomic E-state index is 0.157. The molecule has 1 amide bonds. The number of amides is 1. The second-order valence-corrected chi connectivity index (χ2v) is 5.39. The SMILES string of the molecule is NC(=O)CN1c2ccccc2CCc2ccc(Cl)cc21. The van der Waals surface area contributed by atoms with Crippen molar-refractivity contribution in [2.75, 3.05) is 11.4 Å². The Hall–Kier alpha value is -2.00. The molecule has 20 heavy (non-hydrogen) atoms. The number of primary amides is 1. The van der Waals surface area contributed by atoms with E-state index in [1.165, 1.54) is 11.1 Å². The summed E-state index contributed by atoms with van der Waals surface area (Å²) < 4.78 is 0. The van der Waals surface area contributed by atoms with Gasteiger partial charge in [0.1, 0.15) is 6.54 Å². The van der Waals surface area contributed by atoms with Gasteiger partial charge in [0, 0.05) is 16.4 Å². The molecule has 102 valence electrons. The quantitative estimate of drug-likeness (QED) is 0.922. The van der Waals surface area contributed by atoms with Crippen LogP contribution < -0.4 is 10.6 Å². The van der Waals surface area contributed by atoms with E-state index >= 15 is 0 Å². The molecule has 3 rings (SSSR count). The number of hydrogen-bond donors (Lipinski definition) is 1. The first-order valence-electron chi connectivity index (χ1n) is 6.57. The van der Waals surface area contributed by atoms with E-state index in [0.717, 1.165) is 24.2 Å². The fourth-order valence-electron chi connectivity index (χ4n) is 2.71. The molecular formula is C16H15ClN2O. The van der Waals surface area contributed by atoms with Crippen molar-refractivity contribution in [2.45, 2.75) is 12.8 Å². The Morgan fingerprint density at radius 3 is 2.55 bits per heavy atom. The van der Waals surface area contributed by atoms with Gasteiger partial charge in [-0.3, -0.25) is 4.79 Å². The highest BCUT2D eigenvalue weighted by Crippen LogP contribution is 2.36. The zero-order chi connectivity index (χ0) is 14.1. The minimum Gasteiger partial charge on any atom is -0.368 e. The monoisotopic (exact) mass is 286 g/mol. The second kappa shape index (κ2) is 5.17. The van der Waals surface area contributed by atoms with E-state index in [9.17, 15) is 4.79 Å². The lowest BCUT2D eigenvalue weighted by molar-refractivity contribution is -0.116. The van der Waals surface area contributed by atoms with E-state index in [1.54, 1.807) is 0 Å². The fraction of sp³-hybridized carbons (Fsp3) is 0.188. The van der Waals surface area contributed by atoms with Gasteiger partial charge in [-0.15, -0.1) is 0 Å². The van der Waals surface area contributed by atoms with Crippen LogP contribution in [0.25, 0.3) is 0 Å². The molecule has 1 aliphatic rings. The molecule has 0 bridgehead atoms. The largest absolute Gasteiger partial charge is 0.368 e. The Balaban J connectivity index is 2.18. The lowest BCUT2D eigenvalue weighted by Gasteiger charge is -2.25. The molecule has 0 atom stereocenters. The van der Waals surface area contributed by atoms with Gasteiger partial charge in [-0.1, -0.05) is 35.9 Å². The van der Waals surface area contributed by atoms with E-state index in [-0.39, 0.29) is 12.5 Å². The third-order valence-electron chi connectivity index (χ3n) is 3.60. The summed E-state index contributed by atoms with van der Waals surface area (Å²) in [5, 5.41) is 0.664. The van der Waals surface area contributed by atoms with Gasteiger partial charge in [-0.25, -0.2) is 0 Å². The number of anilines is 2. The smallest absolute Gasteiger partial charge is 0.237 e. The predicted molar refractivity (Wildman–Crippen MR) is 81.5 cm³/mol. The van der Waals surface area contributed by atoms with Gasteiger partial charge < -0.3 is 10.6 Å². The number of carbonyl (C=O) groups excluding carboxylic acids is 1. The number of nitrogens with two attached hydrogens (primary N) is 1. The molecule has 0 saturated carbocycles. The third kappa shape index (κ3) is 2.37. The Bertz CT molecular complexity index is 669. The molecule has 3 nitrogen and oxygen atoms in total. The third-order valence-corrected chi connectivity index (χ3v) is 3.83. The summed E-state index contributed by atoms with van der Waals surface area (Å²) in [7, 11) is 0. The molecule has 0 spiro atoms. The van der Waals surface area contributed by atoms with Crippen LogP contribution in [0.15, 0.2) is 42.5 Å². The number of carbonyl (C=O) groups is 1. The maximum absolute atomic E-state index is 11.4. The van der Waals surface area contributed by atoms with Crippen molar-refractivity contribution in [3.63, 3.8) is 0 Å². The number of fused-ring (bicyclic) bond motifs is 2. The van der Waals surface area contributed by atoms with E-state index in [1.807, 2.05) is 41.3 Å². The standard InChI is InChI=1S/C16H15ClN2O/c17-13-8-7-12-6-5-11-3-1-2-4-14(11)19(10-16(18)20)15(12)9-13/h1-4,7-9H,5-6,10H2,(H2,18,20). The highest BCUT2D eigenvalue weighted by molar-refractivity contribution is 6.30. The maximum Gasteiger partial charge on any atom is 0.237 e. The summed E-state index contributed by atoms with van der Waals surface area (Å²) in [5.74, 6) is -0.354. The molecule has 4 heteroatoms. The Labute approximate surface area is 123 Å². The van der Waals surface area contributed by atoms with Crippen molar-refractivity contribution in [1.29, 1.82) is 0 Å². The van der Waals surface area contributed by atoms with E-state index in [4.69, 9.17) is 17.3 Å². The minimum atomic E-state index is -0.354. The summed E-state index contributed by atoms with van der Waals surface area (Å²) in [6.45, 7) is 0.157. The van der Waals surface area contributed by atoms with Crippen molar-refractivity contribution in [2.24, 2.45) is 5.73 Å². The van der Waals surface area contributed by atoms with Crippen molar-refractivity contribution in [3.8, 4) is 0 Å². The van der Waals surface area contributed by atoms with Gasteiger partial charge in [0.15, 0.2) is 0 Å². The zero-order valence-corrected chi connectivity index (χ0v) is 11.7. The Kier molecular flexibility index (Phi) is 3.36. The first kappa shape index (κ1) is 13.0. The van der Waals surface area contributed by atoms with Crippen molar-refractivity contribution >= 4 is 28.9 Å². The van der Waals surface area contributed by atoms with Crippen LogP contribution in [0.1, 0.15) is 11.1 Å². The Morgan fingerprint density at radius 2 is 1.80 bits per heavy atom. The number of aryl methyl sites for hydroxylation is 2. The van der Waals surface area contributed by atoms with Gasteiger partial charge >= 0.3 is 0 Å². The fourth-order valence-corrected chi connectivity index (χ4v) is 2.88. The van der Waals surface area contributed by atoms with Crippen LogP contribution >= 0.6 is 11.6 Å². The second-order valence-electron chi connectivity index (χ2n) is 4.95. The Morgan fingerprint density at radius 1 is 1.10 bits per heavy atom. The summed E-state index contributed by atoms with van der Waals surface area (Å²) in [6.07, 6.45) is 1.87. The number of hydrogen-bond acceptors (Lipinski definition) is 2. The number of rotatable bonds is 2. The number of para-hydroxylation sites is 1. The van der Waals surface area contributed by atoms with E-state index < -0.39 is 0 Å². The summed E-state index contributed by atoms with van der Waals surface area (Å²) in [5.41, 5.74) is 9.83. The lowest BCUT2D eigenvalue weighted by atomic mass is 10.0. The van der Waals surface area contributed by atoms with Crippen molar-refractivity contribution in [3.05, 3.63) is 58.6 Å². The van der Waals surface area contributed by atoms with Gasteiger partial charge in [0.2, 0.25) is 5.91 Å². The normalized spacial score (nSPS) is 13.3. The molecule has 1 aliphatic heterocycles. The van der Waals surface area contributed by atoms with Crippen molar-refractivity contribution in [1.82, 2.24) is 0 Å². The lowest BCUT2D eigenvalue weighted by Crippen LogP contribution is -2.30. The van der Waals surface area contributed by atoms with Crippen LogP contribution in [0.2, 0.25) is 5.02 Å². The predicted octanol–water partition coefficient (Wildman–Crippen LogP) is 3.06. The summed E-state index contributed by atoms with van der Waals surface area (Å²) in [6, 6.07) is 13.9. The molecule has 2 N–H and O–H groups in total. The average molecular weight is 287 g/mol. The molecule has 0 unspecified atom stereocenters. The highest BCUT2D eigenvalue weighted by atomic mass is 35.5. The van der Waals surface area contributed by atoms with Crippen LogP contribution in [-0.2, 0) is 17.6 Å². The average Bonchev–Trinajstić information content (AvgIpc) is 2.57. The summed E-state index contributed by atoms with van der Waals surface area (Å²) in [4.78, 5) is 13.4. The van der Waals surface area contributed by atoms with E-state index in [0.29, 0.717) is 5.02 Å². The molecular weight excluding hydrogens is 272 g/mol. The first-order valence-corrected chi connectivity index (χ1v) is 6.95. The van der Waals surface area contributed by atoms with Crippen LogP contribution in [0.4, 0.5) is 11.4 Å². The topological polar surface area (TPSA) is 46.3 Å². The van der Waals surface area contributed by atoms with Crippen LogP contribution in [0, 0.1) is 0 Å². The molecule has 0 saturated heterocycles. The molecule has 2 aromatic rings. The molecule has 0 fully saturated rings. The van der Waals surface area contributed by atoms with Crippen LogP contribution in [-0.4, -0.2) is 12.5 Å². The molecule has 2 aromatic carbocycles. The van der Waals surface area contributed by atoms with Gasteiger partial charge in [0.05, 0.1) is 0 Å². The van der Waals surface area contributed by atoms with Crippen molar-refractivity contribution < 1.29 is 4.79 Å². The summed E-state index contributed by atoms with van der Waals surface area (Å²) >= 11 is 6.12. The first-order chi connectivity index (χ1) is 9.65. The molecule has 0 radical (unpaired) electrons. The highest BCUT2D eigenvalue weighted by Gasteiger charge is 2.21. The van der Waals surface area contributed by atoms with Crippen LogP contribution in [0.3, 0.4) is 0 Å². The van der Waals surface area contributed by atoms with Gasteiger partial charge in [-0.05, 0) is 42.2 Å². The molecule has 0 aliphatic carbocycles. The number of benzene rings is 2. The van der Waals surface area contributed by atoms with E-state index in [2.05, 4.69) is 6.07 Å². The maximum atomic E-state index is 11.4. The van der Waals surface area contributed by atoms with Gasteiger partial charge in [0.25, 0.3) is 0 Å². The molecule has 0 aromatic heterocycles. The number of nitrogens with zero attached hydrogens (tertiary/aromatic N) is 1.